The van der Waals surface area contributed by atoms with E-state index in [0.29, 0.717) is 6.61 Å². The highest BCUT2D eigenvalue weighted by atomic mass is 16.5. The number of ketones is 1. The van der Waals surface area contributed by atoms with Gasteiger partial charge in [0.15, 0.2) is 0 Å². The molecule has 0 saturated heterocycles. The van der Waals surface area contributed by atoms with E-state index in [4.69, 9.17) is 10.5 Å². The lowest BCUT2D eigenvalue weighted by molar-refractivity contribution is -0.144. The average Bonchev–Trinajstić information content (AvgIpc) is 2.25. The van der Waals surface area contributed by atoms with Crippen molar-refractivity contribution in [3.8, 4) is 0 Å². The highest BCUT2D eigenvalue weighted by molar-refractivity contribution is 5.84. The summed E-state index contributed by atoms with van der Waals surface area (Å²) < 4.78 is 4.92. The summed E-state index contributed by atoms with van der Waals surface area (Å²) >= 11 is 0. The molecule has 0 saturated carbocycles. The predicted molar refractivity (Wildman–Crippen MR) is 58.3 cm³/mol. The summed E-state index contributed by atoms with van der Waals surface area (Å²) in [6, 6.07) is 0. The summed E-state index contributed by atoms with van der Waals surface area (Å²) in [7, 11) is 0. The van der Waals surface area contributed by atoms with Gasteiger partial charge < -0.3 is 10.5 Å². The zero-order valence-corrected chi connectivity index (χ0v) is 9.20. The van der Waals surface area contributed by atoms with Crippen molar-refractivity contribution in [1.29, 1.82) is 0 Å². The minimum atomic E-state index is -0.322. The number of esters is 1. The molecule has 0 heterocycles. The summed E-state index contributed by atoms with van der Waals surface area (Å²) in [6.07, 6.45) is 6.03. The van der Waals surface area contributed by atoms with Crippen LogP contribution in [0.25, 0.3) is 0 Å². The average molecular weight is 213 g/mol. The molecule has 0 bridgehead atoms. The molecule has 4 nitrogen and oxygen atoms in total. The molecule has 0 aliphatic rings. The third kappa shape index (κ3) is 9.15. The van der Waals surface area contributed by atoms with Gasteiger partial charge in [0, 0.05) is 6.42 Å². The molecule has 86 valence electrons. The molecule has 0 aromatic heterocycles. The van der Waals surface area contributed by atoms with Crippen LogP contribution in [-0.4, -0.2) is 24.9 Å². The molecule has 0 spiro atoms. The Hall–Kier alpha value is -1.16. The first-order valence-corrected chi connectivity index (χ1v) is 5.19. The van der Waals surface area contributed by atoms with Gasteiger partial charge in [-0.3, -0.25) is 9.59 Å². The Kier molecular flexibility index (Phi) is 8.67. The fourth-order valence-electron chi connectivity index (χ4n) is 0.970. The Morgan fingerprint density at radius 3 is 2.67 bits per heavy atom. The second kappa shape index (κ2) is 9.40. The van der Waals surface area contributed by atoms with Gasteiger partial charge in [0.2, 0.25) is 0 Å². The molecule has 0 amide bonds. The molecule has 0 radical (unpaired) electrons. The number of unbranched alkanes of at least 4 members (excludes halogenated alkanes) is 1. The van der Waals surface area contributed by atoms with Crippen LogP contribution >= 0.6 is 0 Å². The van der Waals surface area contributed by atoms with Crippen molar-refractivity contribution in [3.63, 3.8) is 0 Å². The van der Waals surface area contributed by atoms with Gasteiger partial charge in [0.05, 0.1) is 19.6 Å². The van der Waals surface area contributed by atoms with Crippen molar-refractivity contribution < 1.29 is 14.3 Å². The van der Waals surface area contributed by atoms with E-state index < -0.39 is 0 Å². The number of hydrogen-bond acceptors (Lipinski definition) is 4. The smallest absolute Gasteiger partial charge is 0.306 e. The minimum absolute atomic E-state index is 0.00538. The SMILES string of the molecule is C/C=C\CCCOC(=O)CCC(=O)CN. The monoisotopic (exact) mass is 213 g/mol. The van der Waals surface area contributed by atoms with Gasteiger partial charge in [-0.2, -0.15) is 0 Å². The molecule has 2 N–H and O–H groups in total. The Bertz CT molecular complexity index is 224. The van der Waals surface area contributed by atoms with Crippen LogP contribution in [0.15, 0.2) is 12.2 Å². The second-order valence-corrected chi connectivity index (χ2v) is 3.17. The first-order chi connectivity index (χ1) is 7.20. The maximum Gasteiger partial charge on any atom is 0.306 e. The van der Waals surface area contributed by atoms with E-state index in [9.17, 15) is 9.59 Å². The number of hydrogen-bond donors (Lipinski definition) is 1. The van der Waals surface area contributed by atoms with Crippen LogP contribution in [0, 0.1) is 0 Å². The molecule has 0 aromatic rings. The standard InChI is InChI=1S/C11H19NO3/c1-2-3-4-5-8-15-11(14)7-6-10(13)9-12/h2-3H,4-9,12H2,1H3/b3-2-. The van der Waals surface area contributed by atoms with E-state index in [2.05, 4.69) is 0 Å². The first kappa shape index (κ1) is 13.8. The summed E-state index contributed by atoms with van der Waals surface area (Å²) in [5.74, 6) is -0.432. The zero-order chi connectivity index (χ0) is 11.5. The van der Waals surface area contributed by atoms with E-state index in [0.717, 1.165) is 12.8 Å². The molecule has 0 rings (SSSR count). The number of carbonyl (C=O) groups excluding carboxylic acids is 2. The summed E-state index contributed by atoms with van der Waals surface area (Å²) in [6.45, 7) is 2.36. The molecule has 0 aliphatic carbocycles. The Balaban J connectivity index is 3.37. The number of rotatable bonds is 8. The van der Waals surface area contributed by atoms with Crippen molar-refractivity contribution in [2.45, 2.75) is 32.6 Å². The number of carbonyl (C=O) groups is 2. The largest absolute Gasteiger partial charge is 0.466 e. The van der Waals surface area contributed by atoms with Crippen molar-refractivity contribution in [2.24, 2.45) is 5.73 Å². The van der Waals surface area contributed by atoms with Crippen LogP contribution in [-0.2, 0) is 14.3 Å². The van der Waals surface area contributed by atoms with Gasteiger partial charge in [-0.05, 0) is 19.8 Å². The third-order valence-corrected chi connectivity index (χ3v) is 1.85. The fraction of sp³-hybridized carbons (Fsp3) is 0.636. The molecule has 0 aliphatic heterocycles. The van der Waals surface area contributed by atoms with Gasteiger partial charge in [0.1, 0.15) is 5.78 Å². The topological polar surface area (TPSA) is 69.4 Å². The summed E-state index contributed by atoms with van der Waals surface area (Å²) in [5, 5.41) is 0. The maximum absolute atomic E-state index is 11.1. The molecular formula is C11H19NO3. The van der Waals surface area contributed by atoms with E-state index in [1.54, 1.807) is 0 Å². The Morgan fingerprint density at radius 2 is 2.07 bits per heavy atom. The third-order valence-electron chi connectivity index (χ3n) is 1.85. The Morgan fingerprint density at radius 1 is 1.33 bits per heavy atom. The second-order valence-electron chi connectivity index (χ2n) is 3.17. The first-order valence-electron chi connectivity index (χ1n) is 5.19. The molecule has 0 aromatic carbocycles. The lowest BCUT2D eigenvalue weighted by atomic mass is 10.2. The lowest BCUT2D eigenvalue weighted by Crippen LogP contribution is -2.15. The molecule has 15 heavy (non-hydrogen) atoms. The molecule has 0 unspecified atom stereocenters. The quantitative estimate of drug-likeness (QED) is 0.373. The van der Waals surface area contributed by atoms with E-state index in [1.165, 1.54) is 0 Å². The van der Waals surface area contributed by atoms with Crippen molar-refractivity contribution in [2.75, 3.05) is 13.2 Å². The number of ether oxygens (including phenoxy) is 1. The highest BCUT2D eigenvalue weighted by Crippen LogP contribution is 1.97. The number of nitrogens with two attached hydrogens (primary N) is 1. The minimum Gasteiger partial charge on any atom is -0.466 e. The van der Waals surface area contributed by atoms with Gasteiger partial charge in [-0.25, -0.2) is 0 Å². The highest BCUT2D eigenvalue weighted by Gasteiger charge is 2.05. The van der Waals surface area contributed by atoms with E-state index in [-0.39, 0.29) is 31.1 Å². The van der Waals surface area contributed by atoms with Crippen LogP contribution in [0.4, 0.5) is 0 Å². The molecule has 0 fully saturated rings. The molecular weight excluding hydrogens is 194 g/mol. The summed E-state index contributed by atoms with van der Waals surface area (Å²) in [4.78, 5) is 21.9. The summed E-state index contributed by atoms with van der Waals surface area (Å²) in [5.41, 5.74) is 5.10. The van der Waals surface area contributed by atoms with Crippen LogP contribution in [0.2, 0.25) is 0 Å². The van der Waals surface area contributed by atoms with E-state index >= 15 is 0 Å². The Labute approximate surface area is 90.5 Å². The predicted octanol–water partition coefficient (Wildman–Crippen LogP) is 1.19. The van der Waals surface area contributed by atoms with Crippen LogP contribution in [0.3, 0.4) is 0 Å². The number of allylic oxidation sites excluding steroid dienone is 2. The maximum atomic E-state index is 11.1. The van der Waals surface area contributed by atoms with Crippen molar-refractivity contribution in [3.05, 3.63) is 12.2 Å². The van der Waals surface area contributed by atoms with Crippen LogP contribution < -0.4 is 5.73 Å². The molecule has 4 heteroatoms. The van der Waals surface area contributed by atoms with Crippen molar-refractivity contribution >= 4 is 11.8 Å². The van der Waals surface area contributed by atoms with Gasteiger partial charge >= 0.3 is 5.97 Å². The van der Waals surface area contributed by atoms with Gasteiger partial charge in [-0.1, -0.05) is 12.2 Å². The molecule has 0 atom stereocenters. The van der Waals surface area contributed by atoms with E-state index in [1.807, 2.05) is 19.1 Å². The normalized spacial score (nSPS) is 10.5. The van der Waals surface area contributed by atoms with Gasteiger partial charge in [0.25, 0.3) is 0 Å². The van der Waals surface area contributed by atoms with Gasteiger partial charge in [-0.15, -0.1) is 0 Å². The number of Topliss-reactive ketones (excluding diaryl/α,β-unsaturated/α-hetero) is 1. The van der Waals surface area contributed by atoms with Crippen LogP contribution in [0.1, 0.15) is 32.6 Å². The fourth-order valence-corrected chi connectivity index (χ4v) is 0.970. The lowest BCUT2D eigenvalue weighted by Gasteiger charge is -2.02. The zero-order valence-electron chi connectivity index (χ0n) is 9.20. The van der Waals surface area contributed by atoms with Crippen molar-refractivity contribution in [1.82, 2.24) is 0 Å². The van der Waals surface area contributed by atoms with Crippen LogP contribution in [0.5, 0.6) is 0 Å².